The number of nitriles is 1. The number of pyridine rings is 1. The molecule has 0 fully saturated rings. The fourth-order valence-corrected chi connectivity index (χ4v) is 4.50. The van der Waals surface area contributed by atoms with Crippen LogP contribution in [0.2, 0.25) is 0 Å². The number of nitrogens with one attached hydrogen (secondary N) is 1. The molecule has 7 heteroatoms. The summed E-state index contributed by atoms with van der Waals surface area (Å²) in [6.07, 6.45) is 9.14. The molecule has 6 nitrogen and oxygen atoms in total. The topological polar surface area (TPSA) is 75.2 Å². The highest BCUT2D eigenvalue weighted by molar-refractivity contribution is 7.15. The molecule has 0 unspecified atom stereocenters. The number of fused-ring (bicyclic) bond motifs is 3. The Bertz CT molecular complexity index is 1330. The monoisotopic (exact) mass is 386 g/mol. The largest absolute Gasteiger partial charge is 0.346 e. The number of hydrogen-bond donors (Lipinski definition) is 1. The van der Waals surface area contributed by atoms with E-state index in [4.69, 9.17) is 5.26 Å². The van der Waals surface area contributed by atoms with E-state index in [0.29, 0.717) is 6.42 Å². The summed E-state index contributed by atoms with van der Waals surface area (Å²) in [4.78, 5) is 10.3. The maximum atomic E-state index is 8.77. The van der Waals surface area contributed by atoms with Gasteiger partial charge >= 0.3 is 0 Å². The maximum Gasteiger partial charge on any atom is 0.139 e. The predicted molar refractivity (Wildman–Crippen MR) is 112 cm³/mol. The zero-order valence-electron chi connectivity index (χ0n) is 15.4. The van der Waals surface area contributed by atoms with Gasteiger partial charge in [-0.25, -0.2) is 4.98 Å². The molecular formula is C21H18N6S. The van der Waals surface area contributed by atoms with E-state index in [0.717, 1.165) is 46.3 Å². The van der Waals surface area contributed by atoms with Crippen molar-refractivity contribution in [2.75, 3.05) is 0 Å². The molecule has 138 valence electrons. The first-order valence-corrected chi connectivity index (χ1v) is 10.0. The standard InChI is InChI=1S/C21H18N6S/c1-14-4-5-19(28-14)18-10-15-11-24-21-17(6-8-23-21)20(15)27(18)16-12-25-26(13-16)9-3-2-7-22/h4-6,8,10-13H,2-3,9H2,1H3,(H,23,24). The quantitative estimate of drug-likeness (QED) is 0.430. The van der Waals surface area contributed by atoms with E-state index in [-0.39, 0.29) is 0 Å². The summed E-state index contributed by atoms with van der Waals surface area (Å²) < 4.78 is 4.18. The van der Waals surface area contributed by atoms with Gasteiger partial charge in [0.2, 0.25) is 0 Å². The molecule has 0 saturated heterocycles. The zero-order valence-corrected chi connectivity index (χ0v) is 16.2. The van der Waals surface area contributed by atoms with E-state index in [2.05, 4.69) is 63.1 Å². The summed E-state index contributed by atoms with van der Waals surface area (Å²) in [5.41, 5.74) is 4.16. The smallest absolute Gasteiger partial charge is 0.139 e. The predicted octanol–water partition coefficient (Wildman–Crippen LogP) is 5.04. The van der Waals surface area contributed by atoms with Crippen molar-refractivity contribution in [3.8, 4) is 22.3 Å². The van der Waals surface area contributed by atoms with E-state index in [1.54, 1.807) is 11.3 Å². The molecule has 0 saturated carbocycles. The second-order valence-electron chi connectivity index (χ2n) is 6.80. The summed E-state index contributed by atoms with van der Waals surface area (Å²) in [6, 6.07) is 10.8. The number of H-pyrrole nitrogens is 1. The van der Waals surface area contributed by atoms with Crippen LogP contribution in [0.15, 0.2) is 49.1 Å². The van der Waals surface area contributed by atoms with Crippen LogP contribution in [-0.4, -0.2) is 24.3 Å². The first-order chi connectivity index (χ1) is 13.7. The van der Waals surface area contributed by atoms with Crippen molar-refractivity contribution >= 4 is 33.3 Å². The Morgan fingerprint density at radius 1 is 1.25 bits per heavy atom. The highest BCUT2D eigenvalue weighted by atomic mass is 32.1. The summed E-state index contributed by atoms with van der Waals surface area (Å²) in [5.74, 6) is 0. The molecule has 5 heterocycles. The Labute approximate surface area is 165 Å². The van der Waals surface area contributed by atoms with E-state index >= 15 is 0 Å². The van der Waals surface area contributed by atoms with Crippen molar-refractivity contribution < 1.29 is 0 Å². The van der Waals surface area contributed by atoms with Crippen LogP contribution in [0.4, 0.5) is 0 Å². The Balaban J connectivity index is 1.73. The zero-order chi connectivity index (χ0) is 19.1. The van der Waals surface area contributed by atoms with Crippen molar-refractivity contribution in [3.05, 3.63) is 53.9 Å². The van der Waals surface area contributed by atoms with Crippen LogP contribution in [-0.2, 0) is 6.54 Å². The molecule has 0 amide bonds. The van der Waals surface area contributed by atoms with Crippen LogP contribution in [0, 0.1) is 18.3 Å². The highest BCUT2D eigenvalue weighted by Crippen LogP contribution is 2.37. The number of aromatic nitrogens is 5. The van der Waals surface area contributed by atoms with Gasteiger partial charge in [0.25, 0.3) is 0 Å². The first-order valence-electron chi connectivity index (χ1n) is 9.19. The molecule has 5 aromatic heterocycles. The molecule has 0 atom stereocenters. The van der Waals surface area contributed by atoms with Crippen molar-refractivity contribution in [3.63, 3.8) is 0 Å². The number of rotatable bonds is 5. The molecule has 0 radical (unpaired) electrons. The molecule has 5 rings (SSSR count). The molecule has 0 aliphatic heterocycles. The second-order valence-corrected chi connectivity index (χ2v) is 8.09. The summed E-state index contributed by atoms with van der Waals surface area (Å²) in [6.45, 7) is 2.86. The van der Waals surface area contributed by atoms with Gasteiger partial charge in [-0.15, -0.1) is 11.3 Å². The SMILES string of the molecule is Cc1ccc(-c2cc3cnc4[nH]ccc4c3n2-c2cnn(CCCC#N)c2)s1. The van der Waals surface area contributed by atoms with E-state index in [1.165, 1.54) is 9.75 Å². The van der Waals surface area contributed by atoms with Gasteiger partial charge in [0.05, 0.1) is 34.0 Å². The van der Waals surface area contributed by atoms with Gasteiger partial charge in [-0.05, 0) is 37.6 Å². The minimum Gasteiger partial charge on any atom is -0.346 e. The number of aromatic amines is 1. The highest BCUT2D eigenvalue weighted by Gasteiger charge is 2.18. The second kappa shape index (κ2) is 6.66. The lowest BCUT2D eigenvalue weighted by atomic mass is 10.2. The molecule has 5 aromatic rings. The summed E-state index contributed by atoms with van der Waals surface area (Å²) in [7, 11) is 0. The Morgan fingerprint density at radius 3 is 3.00 bits per heavy atom. The number of nitrogens with zero attached hydrogens (tertiary/aromatic N) is 5. The number of hydrogen-bond acceptors (Lipinski definition) is 4. The summed E-state index contributed by atoms with van der Waals surface area (Å²) in [5, 5.41) is 15.5. The van der Waals surface area contributed by atoms with Crippen molar-refractivity contribution in [1.29, 1.82) is 5.26 Å². The molecule has 1 N–H and O–H groups in total. The van der Waals surface area contributed by atoms with Crippen molar-refractivity contribution in [1.82, 2.24) is 24.3 Å². The van der Waals surface area contributed by atoms with Crippen molar-refractivity contribution in [2.24, 2.45) is 0 Å². The fourth-order valence-electron chi connectivity index (χ4n) is 3.63. The Morgan fingerprint density at radius 2 is 2.18 bits per heavy atom. The van der Waals surface area contributed by atoms with Gasteiger partial charge in [0, 0.05) is 47.2 Å². The average Bonchev–Trinajstić information content (AvgIpc) is 3.46. The van der Waals surface area contributed by atoms with Crippen LogP contribution in [0.25, 0.3) is 38.2 Å². The molecule has 0 aliphatic carbocycles. The minimum atomic E-state index is 0.539. The maximum absolute atomic E-state index is 8.77. The van der Waals surface area contributed by atoms with Crippen LogP contribution < -0.4 is 0 Å². The van der Waals surface area contributed by atoms with Crippen LogP contribution in [0.3, 0.4) is 0 Å². The van der Waals surface area contributed by atoms with Crippen LogP contribution >= 0.6 is 11.3 Å². The van der Waals surface area contributed by atoms with Gasteiger partial charge in [-0.1, -0.05) is 0 Å². The van der Waals surface area contributed by atoms with Crippen LogP contribution in [0.1, 0.15) is 17.7 Å². The number of aryl methyl sites for hydroxylation is 2. The normalized spacial score (nSPS) is 11.4. The van der Waals surface area contributed by atoms with Gasteiger partial charge < -0.3 is 9.55 Å². The van der Waals surface area contributed by atoms with Gasteiger partial charge in [-0.3, -0.25) is 4.68 Å². The third-order valence-corrected chi connectivity index (χ3v) is 5.91. The van der Waals surface area contributed by atoms with E-state index < -0.39 is 0 Å². The number of unbranched alkanes of at least 4 members (excludes halogenated alkanes) is 1. The minimum absolute atomic E-state index is 0.539. The average molecular weight is 386 g/mol. The molecule has 0 spiro atoms. The molecule has 0 aromatic carbocycles. The molecule has 28 heavy (non-hydrogen) atoms. The lowest BCUT2D eigenvalue weighted by molar-refractivity contribution is 0.585. The van der Waals surface area contributed by atoms with Gasteiger partial charge in [0.1, 0.15) is 5.65 Å². The number of thiophene rings is 1. The lowest BCUT2D eigenvalue weighted by Crippen LogP contribution is -1.98. The fraction of sp³-hybridized carbons (Fsp3) is 0.190. The van der Waals surface area contributed by atoms with Gasteiger partial charge in [-0.2, -0.15) is 10.4 Å². The molecule has 0 bridgehead atoms. The van der Waals surface area contributed by atoms with Crippen molar-refractivity contribution in [2.45, 2.75) is 26.3 Å². The molecule has 0 aliphatic rings. The third-order valence-electron chi connectivity index (χ3n) is 4.89. The summed E-state index contributed by atoms with van der Waals surface area (Å²) >= 11 is 1.78. The van der Waals surface area contributed by atoms with Crippen LogP contribution in [0.5, 0.6) is 0 Å². The molecular weight excluding hydrogens is 368 g/mol. The third kappa shape index (κ3) is 2.70. The van der Waals surface area contributed by atoms with Gasteiger partial charge in [0.15, 0.2) is 0 Å². The Kier molecular flexibility index (Phi) is 3.99. The lowest BCUT2D eigenvalue weighted by Gasteiger charge is -2.08. The van der Waals surface area contributed by atoms with E-state index in [9.17, 15) is 0 Å². The Hall–Kier alpha value is -3.37. The van der Waals surface area contributed by atoms with E-state index in [1.807, 2.05) is 23.3 Å². The first kappa shape index (κ1) is 16.8.